The van der Waals surface area contributed by atoms with Crippen LogP contribution in [0, 0.1) is 0 Å². The van der Waals surface area contributed by atoms with Crippen LogP contribution < -0.4 is 0 Å². The first kappa shape index (κ1) is 13.4. The molecule has 0 spiro atoms. The van der Waals surface area contributed by atoms with Crippen LogP contribution in [-0.2, 0) is 6.42 Å². The maximum Gasteiger partial charge on any atom is 0.0866 e. The van der Waals surface area contributed by atoms with Crippen molar-refractivity contribution in [2.75, 3.05) is 6.54 Å². The lowest BCUT2D eigenvalue weighted by molar-refractivity contribution is 0.686. The van der Waals surface area contributed by atoms with Gasteiger partial charge in [-0.1, -0.05) is 66.8 Å². The average Bonchev–Trinajstić information content (AvgIpc) is 3.12. The van der Waals surface area contributed by atoms with Gasteiger partial charge in [0.05, 0.1) is 17.2 Å². The van der Waals surface area contributed by atoms with Crippen LogP contribution in [0.25, 0.3) is 5.70 Å². The minimum atomic E-state index is 0.786. The van der Waals surface area contributed by atoms with Gasteiger partial charge in [0.2, 0.25) is 0 Å². The zero-order valence-corrected chi connectivity index (χ0v) is 13.0. The van der Waals surface area contributed by atoms with Crippen molar-refractivity contribution in [1.29, 1.82) is 0 Å². The molecule has 2 aliphatic heterocycles. The minimum Gasteiger partial charge on any atom is -0.330 e. The van der Waals surface area contributed by atoms with Gasteiger partial charge in [0.15, 0.2) is 0 Å². The molecule has 0 saturated heterocycles. The van der Waals surface area contributed by atoms with E-state index in [0.717, 1.165) is 30.1 Å². The second-order valence-electron chi connectivity index (χ2n) is 5.62. The predicted molar refractivity (Wildman–Crippen MR) is 95.6 cm³/mol. The van der Waals surface area contributed by atoms with E-state index in [2.05, 4.69) is 53.4 Å². The van der Waals surface area contributed by atoms with Gasteiger partial charge < -0.3 is 4.90 Å². The molecule has 0 atom stereocenters. The van der Waals surface area contributed by atoms with Crippen LogP contribution in [-0.4, -0.2) is 22.1 Å². The van der Waals surface area contributed by atoms with Crippen molar-refractivity contribution >= 4 is 34.3 Å². The Kier molecular flexibility index (Phi) is 3.35. The first-order valence-corrected chi connectivity index (χ1v) is 7.92. The summed E-state index contributed by atoms with van der Waals surface area (Å²) in [6.45, 7) is 0.786. The van der Waals surface area contributed by atoms with Gasteiger partial charge in [-0.3, -0.25) is 4.99 Å². The van der Waals surface area contributed by atoms with Crippen molar-refractivity contribution in [2.45, 2.75) is 12.8 Å². The molecule has 0 saturated carbocycles. The summed E-state index contributed by atoms with van der Waals surface area (Å²) in [5.74, 6) is 0. The molecule has 22 heavy (non-hydrogen) atoms. The molecule has 108 valence electrons. The van der Waals surface area contributed by atoms with Crippen LogP contribution in [0.1, 0.15) is 17.5 Å². The molecule has 0 unspecified atom stereocenters. The lowest BCUT2D eigenvalue weighted by Gasteiger charge is -2.23. The molecule has 0 aromatic heterocycles. The fourth-order valence-electron chi connectivity index (χ4n) is 3.07. The summed E-state index contributed by atoms with van der Waals surface area (Å²) in [5.41, 5.74) is 6.04. The third-order valence-corrected chi connectivity index (χ3v) is 4.52. The number of thiocarbonyl (C=S) groups is 1. The zero-order valence-electron chi connectivity index (χ0n) is 12.2. The number of hydrogen-bond acceptors (Lipinski definition) is 2. The van der Waals surface area contributed by atoms with Crippen LogP contribution >= 0.6 is 12.2 Å². The van der Waals surface area contributed by atoms with Crippen molar-refractivity contribution in [2.24, 2.45) is 4.99 Å². The summed E-state index contributed by atoms with van der Waals surface area (Å²) < 4.78 is 0. The summed E-state index contributed by atoms with van der Waals surface area (Å²) >= 11 is 5.56. The number of benzene rings is 2. The molecule has 2 nitrogen and oxygen atoms in total. The van der Waals surface area contributed by atoms with E-state index >= 15 is 0 Å². The van der Waals surface area contributed by atoms with E-state index < -0.39 is 0 Å². The smallest absolute Gasteiger partial charge is 0.0866 e. The molecule has 3 heteroatoms. The fraction of sp³-hybridized carbons (Fsp3) is 0.158. The first-order valence-electron chi connectivity index (χ1n) is 7.51. The molecular weight excluding hydrogens is 288 g/mol. The Morgan fingerprint density at radius 3 is 2.59 bits per heavy atom. The van der Waals surface area contributed by atoms with Crippen molar-refractivity contribution in [3.63, 3.8) is 0 Å². The third kappa shape index (κ3) is 2.38. The Morgan fingerprint density at radius 2 is 1.77 bits per heavy atom. The van der Waals surface area contributed by atoms with E-state index in [-0.39, 0.29) is 0 Å². The van der Waals surface area contributed by atoms with E-state index in [1.807, 2.05) is 12.1 Å². The van der Waals surface area contributed by atoms with Gasteiger partial charge >= 0.3 is 0 Å². The van der Waals surface area contributed by atoms with Gasteiger partial charge in [-0.05, 0) is 17.2 Å². The Morgan fingerprint density at radius 1 is 1.00 bits per heavy atom. The van der Waals surface area contributed by atoms with Crippen LogP contribution in [0.2, 0.25) is 0 Å². The number of rotatable bonds is 3. The average molecular weight is 304 g/mol. The molecule has 0 fully saturated rings. The summed E-state index contributed by atoms with van der Waals surface area (Å²) in [7, 11) is 0. The summed E-state index contributed by atoms with van der Waals surface area (Å²) in [5, 5.41) is 0. The molecule has 0 bridgehead atoms. The van der Waals surface area contributed by atoms with E-state index in [9.17, 15) is 0 Å². The van der Waals surface area contributed by atoms with Crippen molar-refractivity contribution in [1.82, 2.24) is 4.90 Å². The lowest BCUT2D eigenvalue weighted by atomic mass is 10.1. The number of nitrogens with zero attached hydrogens (tertiary/aromatic N) is 2. The highest BCUT2D eigenvalue weighted by atomic mass is 32.1. The summed E-state index contributed by atoms with van der Waals surface area (Å²) in [4.78, 5) is 7.98. The number of fused-ring (bicyclic) bond motifs is 1. The molecule has 4 rings (SSSR count). The lowest BCUT2D eigenvalue weighted by Crippen LogP contribution is -2.29. The molecule has 2 aromatic rings. The molecule has 0 aliphatic carbocycles. The Balaban J connectivity index is 1.58. The molecular formula is C19H16N2S. The Labute approximate surface area is 135 Å². The van der Waals surface area contributed by atoms with Crippen molar-refractivity contribution < 1.29 is 0 Å². The fourth-order valence-corrected chi connectivity index (χ4v) is 3.31. The number of hydrogen-bond donors (Lipinski definition) is 0. The highest BCUT2D eigenvalue weighted by Crippen LogP contribution is 2.30. The zero-order chi connectivity index (χ0) is 14.9. The largest absolute Gasteiger partial charge is 0.330 e. The maximum absolute atomic E-state index is 5.56. The van der Waals surface area contributed by atoms with Crippen LogP contribution in [0.3, 0.4) is 0 Å². The SMILES string of the molecule is S=C1CC=C(c2ccccc2)N1CC1=Nc2ccccc2C1. The highest BCUT2D eigenvalue weighted by molar-refractivity contribution is 7.80. The van der Waals surface area contributed by atoms with Gasteiger partial charge in [0.25, 0.3) is 0 Å². The highest BCUT2D eigenvalue weighted by Gasteiger charge is 2.24. The molecule has 2 heterocycles. The van der Waals surface area contributed by atoms with Gasteiger partial charge in [-0.15, -0.1) is 0 Å². The number of para-hydroxylation sites is 1. The Bertz CT molecular complexity index is 790. The summed E-state index contributed by atoms with van der Waals surface area (Å²) in [6, 6.07) is 18.8. The second-order valence-corrected chi connectivity index (χ2v) is 6.09. The van der Waals surface area contributed by atoms with Crippen LogP contribution in [0.5, 0.6) is 0 Å². The van der Waals surface area contributed by atoms with Gasteiger partial charge in [0.1, 0.15) is 0 Å². The molecule has 0 N–H and O–H groups in total. The van der Waals surface area contributed by atoms with E-state index in [1.54, 1.807) is 0 Å². The molecule has 0 amide bonds. The topological polar surface area (TPSA) is 15.6 Å². The van der Waals surface area contributed by atoms with Crippen molar-refractivity contribution in [3.8, 4) is 0 Å². The van der Waals surface area contributed by atoms with Gasteiger partial charge in [0, 0.05) is 24.3 Å². The standard InChI is InChI=1S/C19H16N2S/c22-19-11-10-18(14-6-2-1-3-7-14)21(19)13-16-12-15-8-4-5-9-17(15)20-16/h1-10H,11-13H2. The number of aliphatic imine (C=N–C) groups is 1. The monoisotopic (exact) mass is 304 g/mol. The molecule has 2 aliphatic rings. The third-order valence-electron chi connectivity index (χ3n) is 4.14. The summed E-state index contributed by atoms with van der Waals surface area (Å²) in [6.07, 6.45) is 4.00. The van der Waals surface area contributed by atoms with Crippen molar-refractivity contribution in [3.05, 3.63) is 71.8 Å². The predicted octanol–water partition coefficient (Wildman–Crippen LogP) is 4.39. The van der Waals surface area contributed by atoms with E-state index in [4.69, 9.17) is 17.2 Å². The van der Waals surface area contributed by atoms with Gasteiger partial charge in [-0.25, -0.2) is 0 Å². The van der Waals surface area contributed by atoms with E-state index in [0.29, 0.717) is 0 Å². The van der Waals surface area contributed by atoms with E-state index in [1.165, 1.54) is 22.5 Å². The van der Waals surface area contributed by atoms with Crippen LogP contribution in [0.4, 0.5) is 5.69 Å². The van der Waals surface area contributed by atoms with Gasteiger partial charge in [-0.2, -0.15) is 0 Å². The first-order chi connectivity index (χ1) is 10.8. The maximum atomic E-state index is 5.56. The second kappa shape index (κ2) is 5.50. The normalized spacial score (nSPS) is 16.5. The minimum absolute atomic E-state index is 0.786. The molecule has 2 aromatic carbocycles. The Hall–Kier alpha value is -2.26. The molecule has 0 radical (unpaired) electrons. The van der Waals surface area contributed by atoms with Crippen LogP contribution in [0.15, 0.2) is 65.7 Å². The quantitative estimate of drug-likeness (QED) is 0.782.